The summed E-state index contributed by atoms with van der Waals surface area (Å²) in [6.45, 7) is 12.3. The van der Waals surface area contributed by atoms with E-state index in [1.807, 2.05) is 102 Å². The van der Waals surface area contributed by atoms with E-state index in [1.54, 1.807) is 57.3 Å². The van der Waals surface area contributed by atoms with E-state index in [1.165, 1.54) is 23.7 Å². The number of para-hydroxylation sites is 3. The van der Waals surface area contributed by atoms with Gasteiger partial charge < -0.3 is 19.1 Å². The Morgan fingerprint density at radius 1 is 0.440 bits per heavy atom. The Labute approximate surface area is 491 Å². The quantitative estimate of drug-likeness (QED) is 0.0624. The minimum absolute atomic E-state index is 0. The van der Waals surface area contributed by atoms with Crippen molar-refractivity contribution >= 4 is 44.6 Å². The van der Waals surface area contributed by atoms with Crippen molar-refractivity contribution in [1.82, 2.24) is 9.55 Å². The Bertz CT molecular complexity index is 4290. The van der Waals surface area contributed by atoms with Crippen LogP contribution in [-0.4, -0.2) is 9.55 Å². The number of ether oxygens (including phenoxy) is 1. The van der Waals surface area contributed by atoms with Gasteiger partial charge in [-0.15, -0.1) is 53.6 Å². The fraction of sp³-hybridized carbons (Fsp3) is 0.118. The zero-order chi connectivity index (χ0) is 58.6. The van der Waals surface area contributed by atoms with Crippen molar-refractivity contribution in [2.24, 2.45) is 0 Å². The average molecular weight is 1320 g/mol. The molecule has 84 heavy (non-hydrogen) atoms. The summed E-state index contributed by atoms with van der Waals surface area (Å²) in [6.07, 6.45) is 1.76. The molecular weight excluding hydrogens is 1270 g/mol. The van der Waals surface area contributed by atoms with Gasteiger partial charge in [-0.25, -0.2) is 48.9 Å². The summed E-state index contributed by atoms with van der Waals surface area (Å²) in [4.78, 5) is 7.44. The molecule has 16 heteroatoms. The molecule has 0 bridgehead atoms. The normalized spacial score (nSPS) is 12.6. The second-order valence-electron chi connectivity index (χ2n) is 22.2. The van der Waals surface area contributed by atoms with Gasteiger partial charge in [0.1, 0.15) is 5.82 Å². The van der Waals surface area contributed by atoms with E-state index in [0.29, 0.717) is 22.5 Å². The molecule has 12 rings (SSSR count). The van der Waals surface area contributed by atoms with Crippen molar-refractivity contribution in [1.29, 1.82) is 0 Å². The minimum Gasteiger partial charge on any atom is -0.509 e. The summed E-state index contributed by atoms with van der Waals surface area (Å²) in [5.74, 6) is -22.6. The van der Waals surface area contributed by atoms with Gasteiger partial charge in [0, 0.05) is 72.5 Å². The van der Waals surface area contributed by atoms with E-state index in [0.717, 1.165) is 50.0 Å². The monoisotopic (exact) mass is 1320 g/mol. The molecule has 0 saturated heterocycles. The van der Waals surface area contributed by atoms with Crippen molar-refractivity contribution in [2.45, 2.75) is 52.4 Å². The maximum Gasteiger partial charge on any atom is 0.200 e. The molecule has 0 aliphatic carbocycles. The number of anilines is 4. The molecule has 9 aromatic carbocycles. The number of fused-ring (bicyclic) bond motifs is 4. The summed E-state index contributed by atoms with van der Waals surface area (Å²) in [5.41, 5.74) is -0.653. The third-order valence-electron chi connectivity index (χ3n) is 14.8. The molecule has 0 radical (unpaired) electrons. The summed E-state index contributed by atoms with van der Waals surface area (Å²) in [6, 6.07) is 51.6. The molecule has 0 saturated carbocycles. The van der Waals surface area contributed by atoms with Crippen molar-refractivity contribution in [3.05, 3.63) is 246 Å². The first kappa shape index (κ1) is 57.1. The number of pyridine rings is 1. The van der Waals surface area contributed by atoms with E-state index in [-0.39, 0.29) is 60.6 Å². The first-order valence-corrected chi connectivity index (χ1v) is 26.2. The van der Waals surface area contributed by atoms with E-state index in [9.17, 15) is 8.78 Å². The fourth-order valence-electron chi connectivity index (χ4n) is 10.5. The topological polar surface area (TPSA) is 33.5 Å². The number of benzene rings is 9. The molecule has 0 spiro atoms. The van der Waals surface area contributed by atoms with E-state index in [4.69, 9.17) is 9.72 Å². The molecule has 2 aromatic heterocycles. The first-order chi connectivity index (χ1) is 39.6. The molecular formula is C68H45F10N4OPt-3. The largest absolute Gasteiger partial charge is 0.509 e. The molecule has 0 amide bonds. The maximum atomic E-state index is 16.4. The van der Waals surface area contributed by atoms with Crippen LogP contribution in [-0.2, 0) is 31.9 Å². The predicted molar refractivity (Wildman–Crippen MR) is 303 cm³/mol. The van der Waals surface area contributed by atoms with Crippen molar-refractivity contribution in [3.8, 4) is 61.8 Å². The number of halogens is 10. The van der Waals surface area contributed by atoms with Crippen LogP contribution in [0.3, 0.4) is 0 Å². The van der Waals surface area contributed by atoms with Crippen LogP contribution < -0.4 is 14.5 Å². The smallest absolute Gasteiger partial charge is 0.200 e. The molecule has 3 heterocycles. The van der Waals surface area contributed by atoms with Gasteiger partial charge in [-0.1, -0.05) is 132 Å². The van der Waals surface area contributed by atoms with Gasteiger partial charge >= 0.3 is 0 Å². The van der Waals surface area contributed by atoms with Crippen LogP contribution in [0.1, 0.15) is 52.7 Å². The van der Waals surface area contributed by atoms with Crippen molar-refractivity contribution in [2.75, 3.05) is 9.80 Å². The summed E-state index contributed by atoms with van der Waals surface area (Å²) in [7, 11) is 0. The van der Waals surface area contributed by atoms with Crippen LogP contribution in [0.2, 0.25) is 0 Å². The van der Waals surface area contributed by atoms with Gasteiger partial charge in [0.25, 0.3) is 0 Å². The van der Waals surface area contributed by atoms with Crippen LogP contribution in [0.25, 0.3) is 72.1 Å². The Morgan fingerprint density at radius 3 is 1.51 bits per heavy atom. The molecule has 11 aromatic rings. The van der Waals surface area contributed by atoms with Gasteiger partial charge in [-0.3, -0.25) is 0 Å². The number of hydrogen-bond acceptors (Lipinski definition) is 4. The van der Waals surface area contributed by atoms with Crippen molar-refractivity contribution in [3.63, 3.8) is 0 Å². The Balaban J connectivity index is 0.00000736. The summed E-state index contributed by atoms with van der Waals surface area (Å²) >= 11 is 0. The Hall–Kier alpha value is -8.68. The summed E-state index contributed by atoms with van der Waals surface area (Å²) in [5, 5.41) is 1.80. The van der Waals surface area contributed by atoms with E-state index in [2.05, 4.69) is 32.9 Å². The molecule has 1 aliphatic rings. The van der Waals surface area contributed by atoms with Crippen LogP contribution in [0.15, 0.2) is 158 Å². The molecule has 5 nitrogen and oxygen atoms in total. The predicted octanol–water partition coefficient (Wildman–Crippen LogP) is 19.6. The average Bonchev–Trinajstić information content (AvgIpc) is 1.68. The van der Waals surface area contributed by atoms with Gasteiger partial charge in [-0.05, 0) is 86.5 Å². The van der Waals surface area contributed by atoms with Crippen LogP contribution in [0.5, 0.6) is 11.5 Å². The Kier molecular flexibility index (Phi) is 14.6. The fourth-order valence-corrected chi connectivity index (χ4v) is 10.5. The zero-order valence-electron chi connectivity index (χ0n) is 45.4. The molecule has 0 fully saturated rings. The third kappa shape index (κ3) is 9.75. The Morgan fingerprint density at radius 2 is 0.940 bits per heavy atom. The van der Waals surface area contributed by atoms with Gasteiger partial charge in [0.05, 0.1) is 11.1 Å². The number of rotatable bonds is 9. The minimum atomic E-state index is -2.49. The second-order valence-corrected chi connectivity index (χ2v) is 22.2. The van der Waals surface area contributed by atoms with Crippen LogP contribution >= 0.6 is 0 Å². The molecule has 426 valence electrons. The molecule has 0 unspecified atom stereocenters. The van der Waals surface area contributed by atoms with E-state index < -0.39 is 91.5 Å². The van der Waals surface area contributed by atoms with E-state index >= 15 is 35.1 Å². The molecule has 1 aliphatic heterocycles. The van der Waals surface area contributed by atoms with Crippen LogP contribution in [0.4, 0.5) is 66.7 Å². The molecule has 0 atom stereocenters. The standard InChI is InChI=1S/C68H45F10N4O.Pt/c1-67(2,3)40-26-27-79-53(32-40)82-49-17-11-10-16-45(49)46-25-24-43(34-52(46)82)83-44-29-39(38-22-20-37(21-23-38)36-14-8-7-9-15-36)28-42(33-44)80-35-81(51-19-13-12-18-50(51)80)66-47(54-56(69)60(73)64(77)61(74)57(54)70)30-41(68(4,5)6)31-48(66)55-58(71)62(75)65(78)63(76)59(55)72;/h7-32,35H,1-6H3;/q-3;. The number of aromatic nitrogens is 2. The number of hydrogen-bond donors (Lipinski definition) is 0. The zero-order valence-corrected chi connectivity index (χ0v) is 47.7. The maximum absolute atomic E-state index is 16.4. The van der Waals surface area contributed by atoms with Gasteiger partial charge in [0.2, 0.25) is 11.6 Å². The first-order valence-electron chi connectivity index (χ1n) is 26.2. The molecule has 0 N–H and O–H groups in total. The SMILES string of the molecule is CC(C)(C)c1ccnc(-n2c3[c-]c(Oc4[c-]c(N5[CH-]N(c6c(-c7c(F)c(F)c(F)c(F)c7F)cc(C(C)(C)C)cc6-c6c(F)c(F)c(F)c(F)c6F)c6ccccc65)cc(-c5ccc(-c6ccccc6)cc5)c4)ccc3c3ccccc32)c1.[Pt]. The van der Waals surface area contributed by atoms with Gasteiger partial charge in [-0.2, -0.15) is 6.07 Å². The third-order valence-corrected chi connectivity index (χ3v) is 14.8. The second kappa shape index (κ2) is 21.5. The van der Waals surface area contributed by atoms with Gasteiger partial charge in [0.15, 0.2) is 46.5 Å². The van der Waals surface area contributed by atoms with Crippen molar-refractivity contribution < 1.29 is 69.7 Å². The summed E-state index contributed by atoms with van der Waals surface area (Å²) < 4.78 is 166. The number of nitrogens with zero attached hydrogens (tertiary/aromatic N) is 4. The van der Waals surface area contributed by atoms with Crippen LogP contribution in [0, 0.1) is 77.0 Å².